The van der Waals surface area contributed by atoms with Crippen LogP contribution < -0.4 is 10.2 Å². The quantitative estimate of drug-likeness (QED) is 0.841. The van der Waals surface area contributed by atoms with Crippen molar-refractivity contribution in [3.63, 3.8) is 0 Å². The van der Waals surface area contributed by atoms with Crippen molar-refractivity contribution >= 4 is 23.1 Å². The summed E-state index contributed by atoms with van der Waals surface area (Å²) in [5.74, 6) is -1.12. The Morgan fingerprint density at radius 1 is 1.35 bits per heavy atom. The summed E-state index contributed by atoms with van der Waals surface area (Å²) in [5, 5.41) is 2.50. The van der Waals surface area contributed by atoms with E-state index in [4.69, 9.17) is 0 Å². The molecule has 1 aromatic rings. The maximum Gasteiger partial charge on any atom is 0.296 e. The zero-order chi connectivity index (χ0) is 14.3. The maximum absolute atomic E-state index is 14.3. The van der Waals surface area contributed by atoms with Gasteiger partial charge in [0, 0.05) is 13.1 Å². The van der Waals surface area contributed by atoms with E-state index in [2.05, 4.69) is 12.2 Å². The molecule has 1 aliphatic heterocycles. The molecule has 0 radical (unpaired) electrons. The molecule has 5 heteroatoms. The molecule has 0 spiro atoms. The number of halogens is 1. The number of nitrogens with one attached hydrogen (secondary N) is 1. The topological polar surface area (TPSA) is 49.4 Å². The Morgan fingerprint density at radius 3 is 2.75 bits per heavy atom. The van der Waals surface area contributed by atoms with Gasteiger partial charge in [0.25, 0.3) is 11.7 Å². The molecule has 1 aliphatic carbocycles. The van der Waals surface area contributed by atoms with Crippen molar-refractivity contribution in [2.45, 2.75) is 26.2 Å². The van der Waals surface area contributed by atoms with Crippen LogP contribution in [0.25, 0.3) is 0 Å². The molecular weight excluding hydrogens is 259 g/mol. The number of Topliss-reactive ketones (excluding diaryl/α,β-unsaturated/α-hetero) is 1. The number of hydrogen-bond acceptors (Lipinski definition) is 3. The van der Waals surface area contributed by atoms with E-state index in [1.54, 1.807) is 6.07 Å². The normalized spacial score (nSPS) is 17.1. The van der Waals surface area contributed by atoms with Crippen LogP contribution in [-0.2, 0) is 4.79 Å². The van der Waals surface area contributed by atoms with Gasteiger partial charge in [-0.1, -0.05) is 6.92 Å². The molecule has 20 heavy (non-hydrogen) atoms. The molecule has 1 aromatic carbocycles. The summed E-state index contributed by atoms with van der Waals surface area (Å²) in [6.45, 7) is 3.66. The molecule has 4 nitrogen and oxygen atoms in total. The minimum absolute atomic E-state index is 0.138. The first-order chi connectivity index (χ1) is 9.60. The van der Waals surface area contributed by atoms with Crippen LogP contribution in [0.1, 0.15) is 36.5 Å². The van der Waals surface area contributed by atoms with Crippen LogP contribution in [0.4, 0.5) is 15.8 Å². The fourth-order valence-electron chi connectivity index (χ4n) is 2.59. The lowest BCUT2D eigenvalue weighted by atomic mass is 10.1. The summed E-state index contributed by atoms with van der Waals surface area (Å²) >= 11 is 0. The Bertz CT molecular complexity index is 581. The van der Waals surface area contributed by atoms with Gasteiger partial charge in [-0.05, 0) is 37.3 Å². The predicted octanol–water partition coefficient (Wildman–Crippen LogP) is 2.59. The first-order valence-corrected chi connectivity index (χ1v) is 7.04. The van der Waals surface area contributed by atoms with Crippen molar-refractivity contribution in [3.05, 3.63) is 23.5 Å². The van der Waals surface area contributed by atoms with E-state index in [0.717, 1.165) is 19.5 Å². The second-order valence-corrected chi connectivity index (χ2v) is 5.52. The highest BCUT2D eigenvalue weighted by Crippen LogP contribution is 2.35. The lowest BCUT2D eigenvalue weighted by Crippen LogP contribution is -2.27. The average Bonchev–Trinajstić information content (AvgIpc) is 3.18. The van der Waals surface area contributed by atoms with Crippen molar-refractivity contribution in [1.29, 1.82) is 0 Å². The Morgan fingerprint density at radius 2 is 2.10 bits per heavy atom. The lowest BCUT2D eigenvalue weighted by Gasteiger charge is -2.25. The van der Waals surface area contributed by atoms with E-state index in [1.165, 1.54) is 18.9 Å². The zero-order valence-electron chi connectivity index (χ0n) is 11.4. The molecule has 1 fully saturated rings. The number of anilines is 2. The van der Waals surface area contributed by atoms with Crippen molar-refractivity contribution < 1.29 is 14.0 Å². The van der Waals surface area contributed by atoms with Gasteiger partial charge in [0.05, 0.1) is 16.9 Å². The number of nitrogens with zero attached hydrogens (tertiary/aromatic N) is 1. The molecule has 0 atom stereocenters. The number of carbonyl (C=O) groups excluding carboxylic acids is 2. The van der Waals surface area contributed by atoms with Crippen LogP contribution in [-0.4, -0.2) is 24.8 Å². The molecule has 0 bridgehead atoms. The molecule has 0 saturated heterocycles. The Balaban J connectivity index is 1.94. The van der Waals surface area contributed by atoms with E-state index in [0.29, 0.717) is 17.3 Å². The molecule has 1 saturated carbocycles. The number of hydrogen-bond donors (Lipinski definition) is 1. The fourth-order valence-corrected chi connectivity index (χ4v) is 2.59. The summed E-state index contributed by atoms with van der Waals surface area (Å²) in [5.41, 5.74) is 1.04. The second kappa shape index (κ2) is 4.89. The van der Waals surface area contributed by atoms with Gasteiger partial charge in [0.2, 0.25) is 0 Å². The van der Waals surface area contributed by atoms with Crippen LogP contribution in [0.2, 0.25) is 0 Å². The predicted molar refractivity (Wildman–Crippen MR) is 74.6 cm³/mol. The number of ketones is 1. The van der Waals surface area contributed by atoms with Gasteiger partial charge in [-0.25, -0.2) is 4.39 Å². The highest BCUT2D eigenvalue weighted by molar-refractivity contribution is 6.51. The van der Waals surface area contributed by atoms with Crippen LogP contribution in [0.3, 0.4) is 0 Å². The van der Waals surface area contributed by atoms with Gasteiger partial charge in [-0.15, -0.1) is 0 Å². The molecule has 3 rings (SSSR count). The number of rotatable bonds is 5. The highest BCUT2D eigenvalue weighted by Gasteiger charge is 2.31. The summed E-state index contributed by atoms with van der Waals surface area (Å²) in [6.07, 6.45) is 3.32. The Kier molecular flexibility index (Phi) is 3.20. The molecule has 0 aromatic heterocycles. The molecule has 1 N–H and O–H groups in total. The summed E-state index contributed by atoms with van der Waals surface area (Å²) in [6, 6.07) is 2.77. The Hall–Kier alpha value is -1.91. The summed E-state index contributed by atoms with van der Waals surface area (Å²) in [7, 11) is 0. The van der Waals surface area contributed by atoms with Crippen molar-refractivity contribution in [2.24, 2.45) is 5.92 Å². The highest BCUT2D eigenvalue weighted by atomic mass is 19.1. The minimum Gasteiger partial charge on any atom is -0.369 e. The van der Waals surface area contributed by atoms with Gasteiger partial charge < -0.3 is 10.2 Å². The van der Waals surface area contributed by atoms with E-state index in [-0.39, 0.29) is 5.56 Å². The Labute approximate surface area is 117 Å². The van der Waals surface area contributed by atoms with Gasteiger partial charge >= 0.3 is 0 Å². The van der Waals surface area contributed by atoms with Crippen molar-refractivity contribution in [2.75, 3.05) is 23.3 Å². The van der Waals surface area contributed by atoms with E-state index < -0.39 is 17.5 Å². The lowest BCUT2D eigenvalue weighted by molar-refractivity contribution is -0.112. The summed E-state index contributed by atoms with van der Waals surface area (Å²) in [4.78, 5) is 24.9. The first kappa shape index (κ1) is 13.1. The third kappa shape index (κ3) is 2.28. The van der Waals surface area contributed by atoms with Crippen molar-refractivity contribution in [1.82, 2.24) is 0 Å². The summed E-state index contributed by atoms with van der Waals surface area (Å²) < 4.78 is 14.3. The van der Waals surface area contributed by atoms with Gasteiger partial charge in [0.15, 0.2) is 0 Å². The van der Waals surface area contributed by atoms with Gasteiger partial charge in [-0.2, -0.15) is 0 Å². The van der Waals surface area contributed by atoms with Crippen molar-refractivity contribution in [3.8, 4) is 0 Å². The van der Waals surface area contributed by atoms with Crippen LogP contribution in [0.15, 0.2) is 12.1 Å². The average molecular weight is 276 g/mol. The number of carbonyl (C=O) groups is 2. The third-order valence-corrected chi connectivity index (χ3v) is 3.80. The zero-order valence-corrected chi connectivity index (χ0v) is 11.4. The second-order valence-electron chi connectivity index (χ2n) is 5.52. The first-order valence-electron chi connectivity index (χ1n) is 7.04. The molecule has 1 amide bonds. The van der Waals surface area contributed by atoms with E-state index in [1.807, 2.05) is 4.90 Å². The fraction of sp³-hybridized carbons (Fsp3) is 0.467. The third-order valence-electron chi connectivity index (χ3n) is 3.80. The molecular formula is C15H17FN2O2. The standard InChI is InChI=1S/C15H17FN2O2/c1-2-5-18(8-9-3-4-9)13-7-12-10(6-11(13)16)14(19)15(20)17-12/h6-7,9H,2-5,8H2,1H3,(H,17,19,20). The monoisotopic (exact) mass is 276 g/mol. The molecule has 0 unspecified atom stereocenters. The largest absolute Gasteiger partial charge is 0.369 e. The van der Waals surface area contributed by atoms with Gasteiger partial charge in [0.1, 0.15) is 5.82 Å². The minimum atomic E-state index is -0.680. The van der Waals surface area contributed by atoms with Crippen LogP contribution in [0.5, 0.6) is 0 Å². The van der Waals surface area contributed by atoms with Gasteiger partial charge in [-0.3, -0.25) is 9.59 Å². The number of amides is 1. The smallest absolute Gasteiger partial charge is 0.296 e. The van der Waals surface area contributed by atoms with Crippen LogP contribution in [0, 0.1) is 11.7 Å². The maximum atomic E-state index is 14.3. The number of fused-ring (bicyclic) bond motifs is 1. The van der Waals surface area contributed by atoms with Crippen LogP contribution >= 0.6 is 0 Å². The molecule has 1 heterocycles. The SMILES string of the molecule is CCCN(CC1CC1)c1cc2c(cc1F)C(=O)C(=O)N2. The molecule has 106 valence electrons. The molecule has 2 aliphatic rings. The number of benzene rings is 1. The van der Waals surface area contributed by atoms with E-state index >= 15 is 0 Å². The van der Waals surface area contributed by atoms with E-state index in [9.17, 15) is 14.0 Å².